The van der Waals surface area contributed by atoms with Crippen LogP contribution in [0.1, 0.15) is 30.1 Å². The third-order valence-corrected chi connectivity index (χ3v) is 3.56. The van der Waals surface area contributed by atoms with Gasteiger partial charge in [-0.25, -0.2) is 0 Å². The topological polar surface area (TPSA) is 102 Å². The monoisotopic (exact) mass is 278 g/mol. The van der Waals surface area contributed by atoms with E-state index >= 15 is 0 Å². The molecule has 2 rings (SSSR count). The van der Waals surface area contributed by atoms with Crippen LogP contribution in [0.3, 0.4) is 0 Å². The van der Waals surface area contributed by atoms with Crippen LogP contribution < -0.4 is 11.3 Å². The van der Waals surface area contributed by atoms with Crippen molar-refractivity contribution in [3.63, 3.8) is 0 Å². The number of carbonyl (C=O) groups excluding carboxylic acids is 1. The summed E-state index contributed by atoms with van der Waals surface area (Å²) in [7, 11) is 0. The molecule has 1 aliphatic rings. The zero-order chi connectivity index (χ0) is 14.7. The number of hydrogen-bond donors (Lipinski definition) is 2. The average Bonchev–Trinajstić information content (AvgIpc) is 2.45. The SMILES string of the molecule is CC1CCCN(C(=O)c2cccc([N+](=O)[O-])c2NN)C1. The molecule has 1 heterocycles. The highest BCUT2D eigenvalue weighted by atomic mass is 16.6. The van der Waals surface area contributed by atoms with E-state index in [1.165, 1.54) is 12.1 Å². The molecular weight excluding hydrogens is 260 g/mol. The summed E-state index contributed by atoms with van der Waals surface area (Å²) in [5.74, 6) is 5.59. The van der Waals surface area contributed by atoms with Crippen LogP contribution in [0.2, 0.25) is 0 Å². The molecule has 0 aliphatic carbocycles. The Bertz CT molecular complexity index is 532. The first-order chi connectivity index (χ1) is 9.54. The molecule has 0 bridgehead atoms. The van der Waals surface area contributed by atoms with Gasteiger partial charge >= 0.3 is 0 Å². The number of anilines is 1. The van der Waals surface area contributed by atoms with E-state index in [1.807, 2.05) is 0 Å². The first-order valence-corrected chi connectivity index (χ1v) is 6.58. The predicted molar refractivity (Wildman–Crippen MR) is 75.2 cm³/mol. The van der Waals surface area contributed by atoms with Crippen LogP contribution in [0.25, 0.3) is 0 Å². The summed E-state index contributed by atoms with van der Waals surface area (Å²) in [5.41, 5.74) is 2.41. The van der Waals surface area contributed by atoms with Gasteiger partial charge in [-0.2, -0.15) is 0 Å². The van der Waals surface area contributed by atoms with Gasteiger partial charge in [0.25, 0.3) is 11.6 Å². The highest BCUT2D eigenvalue weighted by Gasteiger charge is 2.27. The smallest absolute Gasteiger partial charge is 0.294 e. The van der Waals surface area contributed by atoms with E-state index in [0.29, 0.717) is 19.0 Å². The second kappa shape index (κ2) is 5.87. The van der Waals surface area contributed by atoms with Gasteiger partial charge in [-0.3, -0.25) is 20.8 Å². The van der Waals surface area contributed by atoms with Gasteiger partial charge < -0.3 is 10.3 Å². The number of nitro groups is 1. The van der Waals surface area contributed by atoms with Gasteiger partial charge in [-0.05, 0) is 24.8 Å². The Balaban J connectivity index is 2.34. The van der Waals surface area contributed by atoms with E-state index < -0.39 is 4.92 Å². The lowest BCUT2D eigenvalue weighted by Crippen LogP contribution is -2.39. The fourth-order valence-corrected chi connectivity index (χ4v) is 2.57. The van der Waals surface area contributed by atoms with Crippen molar-refractivity contribution in [1.82, 2.24) is 4.90 Å². The lowest BCUT2D eigenvalue weighted by Gasteiger charge is -2.31. The fraction of sp³-hybridized carbons (Fsp3) is 0.462. The number of nitro benzene ring substituents is 1. The number of nitrogen functional groups attached to an aromatic ring is 1. The molecule has 1 atom stereocenters. The first kappa shape index (κ1) is 14.3. The van der Waals surface area contributed by atoms with Crippen molar-refractivity contribution in [2.24, 2.45) is 11.8 Å². The van der Waals surface area contributed by atoms with Crippen LogP contribution >= 0.6 is 0 Å². The van der Waals surface area contributed by atoms with Crippen LogP contribution in [0.4, 0.5) is 11.4 Å². The molecule has 7 heteroatoms. The summed E-state index contributed by atoms with van der Waals surface area (Å²) in [5, 5.41) is 11.0. The van der Waals surface area contributed by atoms with E-state index in [0.717, 1.165) is 12.8 Å². The number of amides is 1. The maximum Gasteiger partial charge on any atom is 0.294 e. The Labute approximate surface area is 116 Å². The average molecular weight is 278 g/mol. The molecule has 0 aromatic heterocycles. The normalized spacial score (nSPS) is 18.7. The minimum atomic E-state index is -0.551. The summed E-state index contributed by atoms with van der Waals surface area (Å²) >= 11 is 0. The minimum absolute atomic E-state index is 0.0701. The van der Waals surface area contributed by atoms with E-state index in [2.05, 4.69) is 12.3 Å². The van der Waals surface area contributed by atoms with Crippen molar-refractivity contribution in [2.45, 2.75) is 19.8 Å². The number of piperidine rings is 1. The molecule has 0 saturated carbocycles. The summed E-state index contributed by atoms with van der Waals surface area (Å²) in [6.45, 7) is 3.44. The van der Waals surface area contributed by atoms with Gasteiger partial charge in [0.1, 0.15) is 5.69 Å². The molecule has 108 valence electrons. The molecular formula is C13H18N4O3. The number of benzene rings is 1. The maximum atomic E-state index is 12.5. The maximum absolute atomic E-state index is 12.5. The molecule has 0 radical (unpaired) electrons. The van der Waals surface area contributed by atoms with Crippen LogP contribution in [0.15, 0.2) is 18.2 Å². The molecule has 1 aliphatic heterocycles. The molecule has 7 nitrogen and oxygen atoms in total. The quantitative estimate of drug-likeness (QED) is 0.498. The second-order valence-electron chi connectivity index (χ2n) is 5.10. The van der Waals surface area contributed by atoms with Crippen molar-refractivity contribution in [3.8, 4) is 0 Å². The molecule has 1 aromatic rings. The van der Waals surface area contributed by atoms with Gasteiger partial charge in [0.05, 0.1) is 10.5 Å². The Morgan fingerprint density at radius 1 is 1.55 bits per heavy atom. The van der Waals surface area contributed by atoms with E-state index in [-0.39, 0.29) is 22.8 Å². The zero-order valence-electron chi connectivity index (χ0n) is 11.3. The summed E-state index contributed by atoms with van der Waals surface area (Å²) in [6, 6.07) is 4.38. The molecule has 1 saturated heterocycles. The molecule has 20 heavy (non-hydrogen) atoms. The number of nitrogens with two attached hydrogens (primary N) is 1. The Morgan fingerprint density at radius 2 is 2.30 bits per heavy atom. The van der Waals surface area contributed by atoms with E-state index in [9.17, 15) is 14.9 Å². The number of para-hydroxylation sites is 1. The summed E-state index contributed by atoms with van der Waals surface area (Å²) < 4.78 is 0. The zero-order valence-corrected chi connectivity index (χ0v) is 11.3. The second-order valence-corrected chi connectivity index (χ2v) is 5.10. The van der Waals surface area contributed by atoms with Gasteiger partial charge in [-0.15, -0.1) is 0 Å². The third kappa shape index (κ3) is 2.72. The lowest BCUT2D eigenvalue weighted by atomic mass is 9.99. The minimum Gasteiger partial charge on any atom is -0.338 e. The molecule has 1 aromatic carbocycles. The van der Waals surface area contributed by atoms with Crippen LogP contribution in [-0.2, 0) is 0 Å². The van der Waals surface area contributed by atoms with Crippen molar-refractivity contribution in [2.75, 3.05) is 18.5 Å². The first-order valence-electron chi connectivity index (χ1n) is 6.58. The molecule has 3 N–H and O–H groups in total. The molecule has 1 fully saturated rings. The number of rotatable bonds is 3. The highest BCUT2D eigenvalue weighted by Crippen LogP contribution is 2.29. The molecule has 1 unspecified atom stereocenters. The van der Waals surface area contributed by atoms with Gasteiger partial charge in [0.2, 0.25) is 0 Å². The van der Waals surface area contributed by atoms with Crippen molar-refractivity contribution >= 4 is 17.3 Å². The number of nitrogens with zero attached hydrogens (tertiary/aromatic N) is 2. The van der Waals surface area contributed by atoms with Gasteiger partial charge in [-0.1, -0.05) is 13.0 Å². The fourth-order valence-electron chi connectivity index (χ4n) is 2.57. The number of carbonyl (C=O) groups is 1. The largest absolute Gasteiger partial charge is 0.338 e. The van der Waals surface area contributed by atoms with Crippen molar-refractivity contribution in [1.29, 1.82) is 0 Å². The number of nitrogens with one attached hydrogen (secondary N) is 1. The van der Waals surface area contributed by atoms with Gasteiger partial charge in [0.15, 0.2) is 0 Å². The number of hydrazine groups is 1. The van der Waals surface area contributed by atoms with Crippen molar-refractivity contribution in [3.05, 3.63) is 33.9 Å². The molecule has 1 amide bonds. The molecule has 0 spiro atoms. The van der Waals surface area contributed by atoms with Crippen molar-refractivity contribution < 1.29 is 9.72 Å². The number of likely N-dealkylation sites (tertiary alicyclic amines) is 1. The predicted octanol–water partition coefficient (Wildman–Crippen LogP) is 1.75. The Hall–Kier alpha value is -2.15. The van der Waals surface area contributed by atoms with Crippen LogP contribution in [-0.4, -0.2) is 28.8 Å². The lowest BCUT2D eigenvalue weighted by molar-refractivity contribution is -0.384. The van der Waals surface area contributed by atoms with Gasteiger partial charge in [0, 0.05) is 19.2 Å². The summed E-state index contributed by atoms with van der Waals surface area (Å²) in [4.78, 5) is 24.7. The standard InChI is InChI=1S/C13H18N4O3/c1-9-4-3-7-16(8-9)13(18)10-5-2-6-11(17(19)20)12(10)15-14/h2,5-6,9,15H,3-4,7-8,14H2,1H3. The van der Waals surface area contributed by atoms with E-state index in [4.69, 9.17) is 5.84 Å². The third-order valence-electron chi connectivity index (χ3n) is 3.56. The van der Waals surface area contributed by atoms with Crippen LogP contribution in [0.5, 0.6) is 0 Å². The Kier molecular flexibility index (Phi) is 4.19. The van der Waals surface area contributed by atoms with Crippen LogP contribution in [0, 0.1) is 16.0 Å². The van der Waals surface area contributed by atoms with E-state index in [1.54, 1.807) is 11.0 Å². The highest BCUT2D eigenvalue weighted by molar-refractivity contribution is 6.01. The summed E-state index contributed by atoms with van der Waals surface area (Å²) in [6.07, 6.45) is 2.05. The number of hydrogen-bond acceptors (Lipinski definition) is 5. The Morgan fingerprint density at radius 3 is 2.90 bits per heavy atom.